The van der Waals surface area contributed by atoms with Gasteiger partial charge < -0.3 is 14.0 Å². The fraction of sp³-hybridized carbons (Fsp3) is 0.308. The Labute approximate surface area is 205 Å². The Kier molecular flexibility index (Phi) is 5.41. The molecule has 0 fully saturated rings. The molecule has 1 aliphatic rings. The molecule has 2 aromatic heterocycles. The van der Waals surface area contributed by atoms with E-state index in [1.54, 1.807) is 20.2 Å². The van der Waals surface area contributed by atoms with Gasteiger partial charge in [0.2, 0.25) is 0 Å². The second-order valence-corrected chi connectivity index (χ2v) is 9.77. The summed E-state index contributed by atoms with van der Waals surface area (Å²) >= 11 is 6.46. The maximum Gasteiger partial charge on any atom is 0.331 e. The Morgan fingerprint density at radius 3 is 2.40 bits per heavy atom. The molecule has 9 heteroatoms. The molecular formula is C26H25ClFN3O4. The fourth-order valence-electron chi connectivity index (χ4n) is 5.00. The van der Waals surface area contributed by atoms with E-state index in [1.165, 1.54) is 23.7 Å². The van der Waals surface area contributed by atoms with Gasteiger partial charge in [0.1, 0.15) is 17.7 Å². The number of rotatable bonds is 3. The Hall–Kier alpha value is -3.36. The SMILES string of the molecule is COc1ccc(-c2c3c(=O)n(C)c(=O)n(C)c3c3n2C(C)(C)COC3c2c(F)cccc2Cl)cc1. The first-order valence-electron chi connectivity index (χ1n) is 11.1. The number of ether oxygens (including phenoxy) is 2. The van der Waals surface area contributed by atoms with Gasteiger partial charge in [-0.15, -0.1) is 0 Å². The standard InChI is InChI=1S/C26H25ClFN3O4/c1-26(2)13-35-23(18-16(27)7-6-8-17(18)28)22-21-19(24(32)30(4)25(33)29(21)3)20(31(22)26)14-9-11-15(34-5)12-10-14/h6-12,23H,13H2,1-5H3. The summed E-state index contributed by atoms with van der Waals surface area (Å²) in [4.78, 5) is 26.6. The van der Waals surface area contributed by atoms with Crippen molar-refractivity contribution in [3.05, 3.63) is 85.4 Å². The minimum Gasteiger partial charge on any atom is -0.497 e. The summed E-state index contributed by atoms with van der Waals surface area (Å²) < 4.78 is 31.2. The van der Waals surface area contributed by atoms with Gasteiger partial charge in [-0.1, -0.05) is 17.7 Å². The third-order valence-electron chi connectivity index (χ3n) is 6.69. The van der Waals surface area contributed by atoms with E-state index in [1.807, 2.05) is 42.7 Å². The van der Waals surface area contributed by atoms with Crippen molar-refractivity contribution in [2.24, 2.45) is 14.1 Å². The lowest BCUT2D eigenvalue weighted by Gasteiger charge is -2.39. The lowest BCUT2D eigenvalue weighted by molar-refractivity contribution is -0.00851. The molecule has 0 aliphatic carbocycles. The smallest absolute Gasteiger partial charge is 0.331 e. The van der Waals surface area contributed by atoms with Crippen molar-refractivity contribution in [3.8, 4) is 17.0 Å². The second kappa shape index (κ2) is 8.10. The Morgan fingerprint density at radius 1 is 1.09 bits per heavy atom. The highest BCUT2D eigenvalue weighted by atomic mass is 35.5. The first-order valence-corrected chi connectivity index (χ1v) is 11.5. The first kappa shape index (κ1) is 23.4. The van der Waals surface area contributed by atoms with Crippen LogP contribution in [0.4, 0.5) is 4.39 Å². The van der Waals surface area contributed by atoms with Crippen LogP contribution < -0.4 is 16.0 Å². The minimum atomic E-state index is -0.927. The van der Waals surface area contributed by atoms with E-state index in [-0.39, 0.29) is 17.2 Å². The molecule has 3 heterocycles. The fourth-order valence-corrected chi connectivity index (χ4v) is 5.26. The highest BCUT2D eigenvalue weighted by molar-refractivity contribution is 6.31. The Balaban J connectivity index is 2.01. The van der Waals surface area contributed by atoms with E-state index in [0.29, 0.717) is 28.0 Å². The molecule has 7 nitrogen and oxygen atoms in total. The predicted molar refractivity (Wildman–Crippen MR) is 133 cm³/mol. The van der Waals surface area contributed by atoms with Crippen LogP contribution in [0.25, 0.3) is 22.2 Å². The Morgan fingerprint density at radius 2 is 1.77 bits per heavy atom. The number of aryl methyl sites for hydroxylation is 1. The lowest BCUT2D eigenvalue weighted by atomic mass is 9.97. The molecule has 0 bridgehead atoms. The molecule has 0 saturated carbocycles. The van der Waals surface area contributed by atoms with Gasteiger partial charge in [0.25, 0.3) is 5.56 Å². The molecule has 0 spiro atoms. The average Bonchev–Trinajstić information content (AvgIpc) is 3.20. The summed E-state index contributed by atoms with van der Waals surface area (Å²) in [6, 6.07) is 11.8. The van der Waals surface area contributed by atoms with Gasteiger partial charge >= 0.3 is 5.69 Å². The van der Waals surface area contributed by atoms with Crippen LogP contribution in [0.15, 0.2) is 52.1 Å². The van der Waals surface area contributed by atoms with Crippen molar-refractivity contribution in [2.45, 2.75) is 25.5 Å². The van der Waals surface area contributed by atoms with E-state index in [4.69, 9.17) is 21.1 Å². The van der Waals surface area contributed by atoms with E-state index < -0.39 is 28.7 Å². The van der Waals surface area contributed by atoms with Crippen LogP contribution in [0.3, 0.4) is 0 Å². The normalized spacial score (nSPS) is 16.9. The highest BCUT2D eigenvalue weighted by Crippen LogP contribution is 2.47. The maximum atomic E-state index is 15.1. The zero-order valence-corrected chi connectivity index (χ0v) is 20.8. The van der Waals surface area contributed by atoms with Crippen molar-refractivity contribution < 1.29 is 13.9 Å². The number of nitrogens with zero attached hydrogens (tertiary/aromatic N) is 3. The summed E-state index contributed by atoms with van der Waals surface area (Å²) in [6.07, 6.45) is -0.927. The van der Waals surface area contributed by atoms with E-state index >= 15 is 4.39 Å². The molecule has 182 valence electrons. The molecule has 35 heavy (non-hydrogen) atoms. The number of methoxy groups -OCH3 is 1. The van der Waals surface area contributed by atoms with E-state index in [0.717, 1.165) is 10.1 Å². The van der Waals surface area contributed by atoms with Crippen LogP contribution in [-0.2, 0) is 24.4 Å². The maximum absolute atomic E-state index is 15.1. The van der Waals surface area contributed by atoms with Crippen LogP contribution in [0.1, 0.15) is 31.2 Å². The van der Waals surface area contributed by atoms with Crippen LogP contribution in [0.5, 0.6) is 5.75 Å². The quantitative estimate of drug-likeness (QED) is 0.422. The molecule has 2 aromatic carbocycles. The minimum absolute atomic E-state index is 0.166. The molecule has 0 amide bonds. The first-order chi connectivity index (χ1) is 16.6. The molecular weight excluding hydrogens is 473 g/mol. The molecule has 0 N–H and O–H groups in total. The number of hydrogen-bond donors (Lipinski definition) is 0. The van der Waals surface area contributed by atoms with Gasteiger partial charge in [0.15, 0.2) is 0 Å². The van der Waals surface area contributed by atoms with Crippen LogP contribution in [-0.4, -0.2) is 27.4 Å². The summed E-state index contributed by atoms with van der Waals surface area (Å²) in [7, 11) is 4.63. The summed E-state index contributed by atoms with van der Waals surface area (Å²) in [6.45, 7) is 4.18. The van der Waals surface area contributed by atoms with Gasteiger partial charge in [0, 0.05) is 24.7 Å². The monoisotopic (exact) mass is 497 g/mol. The third kappa shape index (κ3) is 3.35. The van der Waals surface area contributed by atoms with Crippen LogP contribution >= 0.6 is 11.6 Å². The molecule has 5 rings (SSSR count). The number of benzene rings is 2. The number of aromatic nitrogens is 3. The van der Waals surface area contributed by atoms with Gasteiger partial charge in [-0.3, -0.25) is 13.9 Å². The molecule has 0 saturated heterocycles. The summed E-state index contributed by atoms with van der Waals surface area (Å²) in [5.41, 5.74) is 0.889. The molecule has 4 aromatic rings. The van der Waals surface area contributed by atoms with Crippen molar-refractivity contribution in [1.29, 1.82) is 0 Å². The van der Waals surface area contributed by atoms with Gasteiger partial charge in [-0.25, -0.2) is 9.18 Å². The van der Waals surface area contributed by atoms with Crippen molar-refractivity contribution in [3.63, 3.8) is 0 Å². The third-order valence-corrected chi connectivity index (χ3v) is 7.02. The van der Waals surface area contributed by atoms with Crippen molar-refractivity contribution >= 4 is 22.5 Å². The summed E-state index contributed by atoms with van der Waals surface area (Å²) in [5, 5.41) is 0.557. The topological polar surface area (TPSA) is 67.4 Å². The second-order valence-electron chi connectivity index (χ2n) is 9.37. The number of hydrogen-bond acceptors (Lipinski definition) is 4. The zero-order valence-electron chi connectivity index (χ0n) is 20.1. The number of fused-ring (bicyclic) bond motifs is 3. The van der Waals surface area contributed by atoms with E-state index in [2.05, 4.69) is 0 Å². The summed E-state index contributed by atoms with van der Waals surface area (Å²) in [5.74, 6) is 0.144. The molecule has 1 aliphatic heterocycles. The van der Waals surface area contributed by atoms with Crippen molar-refractivity contribution in [2.75, 3.05) is 13.7 Å². The lowest BCUT2D eigenvalue weighted by Crippen LogP contribution is -2.40. The largest absolute Gasteiger partial charge is 0.497 e. The van der Waals surface area contributed by atoms with Crippen LogP contribution in [0, 0.1) is 5.82 Å². The zero-order chi connectivity index (χ0) is 25.2. The Bertz CT molecular complexity index is 1580. The van der Waals surface area contributed by atoms with Gasteiger partial charge in [0.05, 0.1) is 41.5 Å². The average molecular weight is 498 g/mol. The molecule has 1 unspecified atom stereocenters. The van der Waals surface area contributed by atoms with Gasteiger partial charge in [-0.05, 0) is 55.8 Å². The molecule has 0 radical (unpaired) electrons. The number of halogens is 2. The van der Waals surface area contributed by atoms with Gasteiger partial charge in [-0.2, -0.15) is 0 Å². The highest BCUT2D eigenvalue weighted by Gasteiger charge is 2.42. The van der Waals surface area contributed by atoms with Crippen molar-refractivity contribution in [1.82, 2.24) is 13.7 Å². The van der Waals surface area contributed by atoms with Crippen LogP contribution in [0.2, 0.25) is 5.02 Å². The van der Waals surface area contributed by atoms with E-state index in [9.17, 15) is 9.59 Å². The predicted octanol–water partition coefficient (Wildman–Crippen LogP) is 4.36. The molecule has 1 atom stereocenters.